The van der Waals surface area contributed by atoms with Gasteiger partial charge < -0.3 is 29.8 Å². The van der Waals surface area contributed by atoms with Gasteiger partial charge in [-0.05, 0) is 0 Å². The van der Waals surface area contributed by atoms with Crippen LogP contribution in [0.4, 0.5) is 0 Å². The maximum atomic E-state index is 11.6. The number of hydrogen-bond donors (Lipinski definition) is 6. The number of aliphatic hydroxyl groups excluding tert-OH is 3. The molecule has 1 aromatic heterocycles. The van der Waals surface area contributed by atoms with E-state index in [4.69, 9.17) is 14.5 Å². The van der Waals surface area contributed by atoms with Crippen molar-refractivity contribution in [3.05, 3.63) is 33.1 Å². The number of H-pyrrole nitrogens is 1. The van der Waals surface area contributed by atoms with E-state index in [1.54, 1.807) is 0 Å². The summed E-state index contributed by atoms with van der Waals surface area (Å²) in [5, 5.41) is 29.4. The lowest BCUT2D eigenvalue weighted by Crippen LogP contribution is -2.40. The van der Waals surface area contributed by atoms with Gasteiger partial charge in [-0.2, -0.15) is 0 Å². The fourth-order valence-corrected chi connectivity index (χ4v) is 2.90. The first-order chi connectivity index (χ1) is 10.1. The van der Waals surface area contributed by atoms with Crippen LogP contribution in [0.15, 0.2) is 21.9 Å². The Labute approximate surface area is 122 Å². The Balaban J connectivity index is 2.25. The van der Waals surface area contributed by atoms with Crippen LogP contribution in [0.5, 0.6) is 0 Å². The van der Waals surface area contributed by atoms with Gasteiger partial charge in [-0.25, -0.2) is 4.79 Å². The molecule has 22 heavy (non-hydrogen) atoms. The highest BCUT2D eigenvalue weighted by Crippen LogP contribution is 2.38. The molecule has 0 aliphatic carbocycles. The van der Waals surface area contributed by atoms with Gasteiger partial charge in [-0.15, -0.1) is 0 Å². The quantitative estimate of drug-likeness (QED) is 0.306. The number of nitrogens with zero attached hydrogens (tertiary/aromatic N) is 1. The third-order valence-electron chi connectivity index (χ3n) is 3.20. The summed E-state index contributed by atoms with van der Waals surface area (Å²) in [5.74, 6) is 0. The molecular formula is C10H15N2O9P. The second-order valence-electron chi connectivity index (χ2n) is 4.90. The van der Waals surface area contributed by atoms with Gasteiger partial charge >= 0.3 is 13.3 Å². The summed E-state index contributed by atoms with van der Waals surface area (Å²) >= 11 is 0. The molecular weight excluding hydrogens is 323 g/mol. The number of aromatic nitrogens is 2. The van der Waals surface area contributed by atoms with Crippen LogP contribution in [0.3, 0.4) is 0 Å². The number of nitrogens with one attached hydrogen (secondary N) is 1. The van der Waals surface area contributed by atoms with Crippen molar-refractivity contribution in [2.75, 3.05) is 6.16 Å². The zero-order valence-electron chi connectivity index (χ0n) is 11.0. The minimum atomic E-state index is -4.57. The van der Waals surface area contributed by atoms with Crippen LogP contribution in [-0.2, 0) is 9.30 Å². The van der Waals surface area contributed by atoms with Crippen LogP contribution in [-0.4, -0.2) is 65.2 Å². The Morgan fingerprint density at radius 2 is 1.95 bits per heavy atom. The highest BCUT2D eigenvalue weighted by molar-refractivity contribution is 7.51. The minimum Gasteiger partial charge on any atom is -0.390 e. The molecule has 12 heteroatoms. The molecule has 0 spiro atoms. The van der Waals surface area contributed by atoms with Crippen molar-refractivity contribution in [2.45, 2.75) is 30.6 Å². The number of aromatic amines is 1. The Morgan fingerprint density at radius 3 is 2.50 bits per heavy atom. The first-order valence-electron chi connectivity index (χ1n) is 6.16. The molecule has 1 fully saturated rings. The van der Waals surface area contributed by atoms with Crippen LogP contribution in [0.1, 0.15) is 6.23 Å². The maximum absolute atomic E-state index is 11.6. The van der Waals surface area contributed by atoms with E-state index in [0.29, 0.717) is 0 Å². The van der Waals surface area contributed by atoms with E-state index in [1.165, 1.54) is 0 Å². The molecule has 2 heterocycles. The monoisotopic (exact) mass is 338 g/mol. The van der Waals surface area contributed by atoms with Crippen LogP contribution < -0.4 is 11.2 Å². The summed E-state index contributed by atoms with van der Waals surface area (Å²) in [7, 11) is -4.57. The van der Waals surface area contributed by atoms with Crippen molar-refractivity contribution < 1.29 is 34.4 Å². The van der Waals surface area contributed by atoms with Crippen molar-refractivity contribution in [1.29, 1.82) is 0 Å². The predicted molar refractivity (Wildman–Crippen MR) is 70.2 cm³/mol. The molecule has 1 aromatic rings. The van der Waals surface area contributed by atoms with E-state index >= 15 is 0 Å². The molecule has 2 rings (SSSR count). The van der Waals surface area contributed by atoms with E-state index in [1.807, 2.05) is 4.98 Å². The second kappa shape index (κ2) is 6.05. The van der Waals surface area contributed by atoms with Crippen molar-refractivity contribution in [3.63, 3.8) is 0 Å². The lowest BCUT2D eigenvalue weighted by molar-refractivity contribution is -0.0802. The fourth-order valence-electron chi connectivity index (χ4n) is 2.21. The van der Waals surface area contributed by atoms with Crippen LogP contribution >= 0.6 is 7.60 Å². The maximum Gasteiger partial charge on any atom is 0.330 e. The van der Waals surface area contributed by atoms with E-state index in [-0.39, 0.29) is 0 Å². The molecule has 1 aliphatic rings. The van der Waals surface area contributed by atoms with Gasteiger partial charge in [0.2, 0.25) is 0 Å². The molecule has 0 aromatic carbocycles. The number of hydrogen-bond acceptors (Lipinski definition) is 7. The highest BCUT2D eigenvalue weighted by atomic mass is 31.2. The molecule has 0 unspecified atom stereocenters. The van der Waals surface area contributed by atoms with Gasteiger partial charge in [0.25, 0.3) is 5.56 Å². The standard InChI is InChI=1S/C10H15N2O9P/c13-4(3-22(18,19)20)8-6(15)7(16)9(21-8)12-2-1-5(14)11-10(12)17/h1-2,4,6-9,13,15-16H,3H2,(H,11,14,17)(H2,18,19,20)/t4-,6-,7-,8-,9-/m1/s1. The molecule has 11 nitrogen and oxygen atoms in total. The predicted octanol–water partition coefficient (Wildman–Crippen LogP) is -3.31. The number of ether oxygens (including phenoxy) is 1. The smallest absolute Gasteiger partial charge is 0.330 e. The minimum absolute atomic E-state index is 0.674. The average Bonchev–Trinajstić information content (AvgIpc) is 2.65. The first kappa shape index (κ1) is 17.0. The molecule has 6 N–H and O–H groups in total. The van der Waals surface area contributed by atoms with Crippen LogP contribution in [0.25, 0.3) is 0 Å². The van der Waals surface area contributed by atoms with Crippen molar-refractivity contribution in [2.24, 2.45) is 0 Å². The summed E-state index contributed by atoms with van der Waals surface area (Å²) < 4.78 is 16.8. The van der Waals surface area contributed by atoms with E-state index in [0.717, 1.165) is 16.8 Å². The van der Waals surface area contributed by atoms with Crippen molar-refractivity contribution in [3.8, 4) is 0 Å². The van der Waals surface area contributed by atoms with Gasteiger partial charge in [-0.1, -0.05) is 0 Å². The Morgan fingerprint density at radius 1 is 1.32 bits per heavy atom. The Kier molecular flexibility index (Phi) is 4.68. The lowest BCUT2D eigenvalue weighted by atomic mass is 10.1. The second-order valence-corrected chi connectivity index (χ2v) is 6.60. The zero-order chi connectivity index (χ0) is 16.7. The summed E-state index contributed by atoms with van der Waals surface area (Å²) in [6, 6.07) is 0.989. The zero-order valence-corrected chi connectivity index (χ0v) is 11.9. The van der Waals surface area contributed by atoms with Crippen LogP contribution in [0, 0.1) is 0 Å². The topological polar surface area (TPSA) is 182 Å². The first-order valence-corrected chi connectivity index (χ1v) is 7.95. The highest BCUT2D eigenvalue weighted by Gasteiger charge is 2.48. The molecule has 1 saturated heterocycles. The average molecular weight is 338 g/mol. The van der Waals surface area contributed by atoms with E-state index < -0.39 is 55.7 Å². The lowest BCUT2D eigenvalue weighted by Gasteiger charge is -2.21. The summed E-state index contributed by atoms with van der Waals surface area (Å²) in [4.78, 5) is 42.2. The van der Waals surface area contributed by atoms with Gasteiger partial charge in [0, 0.05) is 12.3 Å². The number of rotatable bonds is 4. The summed E-state index contributed by atoms with van der Waals surface area (Å²) in [5.41, 5.74) is -1.58. The van der Waals surface area contributed by atoms with E-state index in [2.05, 4.69) is 0 Å². The summed E-state index contributed by atoms with van der Waals surface area (Å²) in [6.07, 6.45) is -7.95. The molecule has 124 valence electrons. The largest absolute Gasteiger partial charge is 0.390 e. The molecule has 0 amide bonds. The van der Waals surface area contributed by atoms with Gasteiger partial charge in [0.1, 0.15) is 18.3 Å². The van der Waals surface area contributed by atoms with Gasteiger partial charge in [0.05, 0.1) is 12.3 Å². The molecule has 0 bridgehead atoms. The number of aliphatic hydroxyl groups is 3. The Bertz CT molecular complexity index is 694. The normalized spacial score (nSPS) is 30.4. The third kappa shape index (κ3) is 3.52. The summed E-state index contributed by atoms with van der Waals surface area (Å²) in [6.45, 7) is 0. The molecule has 0 saturated carbocycles. The molecule has 0 radical (unpaired) electrons. The van der Waals surface area contributed by atoms with Crippen LogP contribution in [0.2, 0.25) is 0 Å². The third-order valence-corrected chi connectivity index (χ3v) is 4.05. The SMILES string of the molecule is O=c1ccn([C@@H]2O[C@H]([C@H](O)CP(=O)(O)O)[C@H](O)[C@H]2O)c(=O)[nH]1. The van der Waals surface area contributed by atoms with Crippen molar-refractivity contribution >= 4 is 7.60 Å². The van der Waals surface area contributed by atoms with Crippen molar-refractivity contribution in [1.82, 2.24) is 9.55 Å². The Hall–Kier alpha value is -1.33. The van der Waals surface area contributed by atoms with Gasteiger partial charge in [0.15, 0.2) is 6.23 Å². The van der Waals surface area contributed by atoms with E-state index in [9.17, 15) is 29.5 Å². The molecule has 5 atom stereocenters. The fraction of sp³-hybridized carbons (Fsp3) is 0.600. The molecule has 1 aliphatic heterocycles. The van der Waals surface area contributed by atoms with Gasteiger partial charge in [-0.3, -0.25) is 18.9 Å².